The SMILES string of the molecule is CC(=O)N1CCCc2cc(-c3cccc(NC=O)c3)ccc21. The molecule has 3 rings (SSSR count). The Labute approximate surface area is 129 Å². The average molecular weight is 294 g/mol. The molecule has 0 spiro atoms. The number of amides is 2. The van der Waals surface area contributed by atoms with Crippen LogP contribution in [0.3, 0.4) is 0 Å². The molecule has 0 saturated carbocycles. The summed E-state index contributed by atoms with van der Waals surface area (Å²) in [7, 11) is 0. The van der Waals surface area contributed by atoms with E-state index in [1.54, 1.807) is 6.92 Å². The summed E-state index contributed by atoms with van der Waals surface area (Å²) in [5, 5.41) is 2.67. The van der Waals surface area contributed by atoms with Crippen molar-refractivity contribution in [3.05, 3.63) is 48.0 Å². The summed E-state index contributed by atoms with van der Waals surface area (Å²) in [5.74, 6) is 0.0888. The predicted molar refractivity (Wildman–Crippen MR) is 87.9 cm³/mol. The number of benzene rings is 2. The number of hydrogen-bond acceptors (Lipinski definition) is 2. The molecule has 2 amide bonds. The van der Waals surface area contributed by atoms with Gasteiger partial charge in [0, 0.05) is 24.8 Å². The Morgan fingerprint density at radius 3 is 2.77 bits per heavy atom. The summed E-state index contributed by atoms with van der Waals surface area (Å²) in [6.07, 6.45) is 2.65. The van der Waals surface area contributed by atoms with Gasteiger partial charge in [0.1, 0.15) is 0 Å². The quantitative estimate of drug-likeness (QED) is 0.884. The molecule has 22 heavy (non-hydrogen) atoms. The molecule has 0 unspecified atom stereocenters. The van der Waals surface area contributed by atoms with Crippen LogP contribution in [0.15, 0.2) is 42.5 Å². The van der Waals surface area contributed by atoms with Crippen molar-refractivity contribution in [2.75, 3.05) is 16.8 Å². The molecule has 1 N–H and O–H groups in total. The van der Waals surface area contributed by atoms with Crippen molar-refractivity contribution in [2.24, 2.45) is 0 Å². The average Bonchev–Trinajstić information content (AvgIpc) is 2.54. The fraction of sp³-hybridized carbons (Fsp3) is 0.222. The molecule has 0 fully saturated rings. The van der Waals surface area contributed by atoms with E-state index in [1.807, 2.05) is 41.3 Å². The molecular weight excluding hydrogens is 276 g/mol. The Balaban J connectivity index is 1.98. The third-order valence-corrected chi connectivity index (χ3v) is 4.00. The summed E-state index contributed by atoms with van der Waals surface area (Å²) < 4.78 is 0. The Morgan fingerprint density at radius 1 is 1.18 bits per heavy atom. The number of anilines is 2. The van der Waals surface area contributed by atoms with E-state index in [4.69, 9.17) is 0 Å². The van der Waals surface area contributed by atoms with E-state index in [-0.39, 0.29) is 5.91 Å². The minimum absolute atomic E-state index is 0.0888. The smallest absolute Gasteiger partial charge is 0.223 e. The standard InChI is InChI=1S/C18H18N2O2/c1-13(22)20-9-3-5-16-10-15(7-8-18(16)20)14-4-2-6-17(11-14)19-12-21/h2,4,6-8,10-12H,3,5,9H2,1H3,(H,19,21). The van der Waals surface area contributed by atoms with Gasteiger partial charge >= 0.3 is 0 Å². The van der Waals surface area contributed by atoms with E-state index in [2.05, 4.69) is 11.4 Å². The molecule has 0 saturated heterocycles. The predicted octanol–water partition coefficient (Wildman–Crippen LogP) is 3.22. The lowest BCUT2D eigenvalue weighted by Crippen LogP contribution is -2.33. The van der Waals surface area contributed by atoms with Crippen molar-refractivity contribution in [2.45, 2.75) is 19.8 Å². The van der Waals surface area contributed by atoms with Crippen LogP contribution in [0.5, 0.6) is 0 Å². The molecule has 0 radical (unpaired) electrons. The van der Waals surface area contributed by atoms with Gasteiger partial charge in [0.2, 0.25) is 12.3 Å². The van der Waals surface area contributed by atoms with Gasteiger partial charge in [-0.1, -0.05) is 18.2 Å². The van der Waals surface area contributed by atoms with E-state index < -0.39 is 0 Å². The first kappa shape index (κ1) is 14.3. The Bertz CT molecular complexity index is 725. The summed E-state index contributed by atoms with van der Waals surface area (Å²) in [6, 6.07) is 13.9. The lowest BCUT2D eigenvalue weighted by atomic mass is 9.96. The van der Waals surface area contributed by atoms with Crippen LogP contribution in [0, 0.1) is 0 Å². The maximum absolute atomic E-state index is 11.7. The molecule has 1 heterocycles. The molecule has 2 aromatic carbocycles. The molecular formula is C18H18N2O2. The summed E-state index contributed by atoms with van der Waals surface area (Å²) in [6.45, 7) is 2.40. The molecule has 0 aliphatic carbocycles. The van der Waals surface area contributed by atoms with Crippen LogP contribution in [0.4, 0.5) is 11.4 Å². The van der Waals surface area contributed by atoms with Crippen LogP contribution in [0.25, 0.3) is 11.1 Å². The summed E-state index contributed by atoms with van der Waals surface area (Å²) in [5.41, 5.74) is 5.14. The monoisotopic (exact) mass is 294 g/mol. The molecule has 4 nitrogen and oxygen atoms in total. The van der Waals surface area contributed by atoms with Crippen molar-refractivity contribution >= 4 is 23.7 Å². The number of carbonyl (C=O) groups excluding carboxylic acids is 2. The first-order valence-electron chi connectivity index (χ1n) is 7.40. The zero-order chi connectivity index (χ0) is 15.5. The van der Waals surface area contributed by atoms with Gasteiger partial charge in [-0.2, -0.15) is 0 Å². The Kier molecular flexibility index (Phi) is 3.92. The van der Waals surface area contributed by atoms with Crippen molar-refractivity contribution < 1.29 is 9.59 Å². The van der Waals surface area contributed by atoms with Gasteiger partial charge < -0.3 is 10.2 Å². The van der Waals surface area contributed by atoms with E-state index in [9.17, 15) is 9.59 Å². The van der Waals surface area contributed by atoms with Crippen LogP contribution in [-0.2, 0) is 16.0 Å². The highest BCUT2D eigenvalue weighted by Gasteiger charge is 2.20. The lowest BCUT2D eigenvalue weighted by molar-refractivity contribution is -0.116. The van der Waals surface area contributed by atoms with Gasteiger partial charge in [-0.15, -0.1) is 0 Å². The highest BCUT2D eigenvalue weighted by Crippen LogP contribution is 2.32. The van der Waals surface area contributed by atoms with Gasteiger partial charge in [0.25, 0.3) is 0 Å². The van der Waals surface area contributed by atoms with Crippen LogP contribution in [0.2, 0.25) is 0 Å². The number of rotatable bonds is 3. The molecule has 4 heteroatoms. The fourth-order valence-corrected chi connectivity index (χ4v) is 2.96. The van der Waals surface area contributed by atoms with Gasteiger partial charge in [-0.25, -0.2) is 0 Å². The van der Waals surface area contributed by atoms with Gasteiger partial charge in [-0.05, 0) is 53.8 Å². The largest absolute Gasteiger partial charge is 0.329 e. The van der Waals surface area contributed by atoms with Gasteiger partial charge in [0.05, 0.1) is 0 Å². The second-order valence-corrected chi connectivity index (χ2v) is 5.46. The minimum Gasteiger partial charge on any atom is -0.329 e. The third-order valence-electron chi connectivity index (χ3n) is 4.00. The van der Waals surface area contributed by atoms with E-state index >= 15 is 0 Å². The van der Waals surface area contributed by atoms with E-state index in [1.165, 1.54) is 5.56 Å². The number of carbonyl (C=O) groups is 2. The molecule has 1 aliphatic rings. The van der Waals surface area contributed by atoms with Crippen molar-refractivity contribution in [3.8, 4) is 11.1 Å². The van der Waals surface area contributed by atoms with E-state index in [0.717, 1.165) is 41.9 Å². The normalized spacial score (nSPS) is 13.4. The lowest BCUT2D eigenvalue weighted by Gasteiger charge is -2.29. The van der Waals surface area contributed by atoms with Crippen LogP contribution in [-0.4, -0.2) is 18.9 Å². The molecule has 1 aliphatic heterocycles. The highest BCUT2D eigenvalue weighted by atomic mass is 16.2. The minimum atomic E-state index is 0.0888. The number of aryl methyl sites for hydroxylation is 1. The molecule has 0 bridgehead atoms. The Morgan fingerprint density at radius 2 is 2.00 bits per heavy atom. The van der Waals surface area contributed by atoms with Crippen LogP contribution >= 0.6 is 0 Å². The molecule has 112 valence electrons. The molecule has 0 atom stereocenters. The second-order valence-electron chi connectivity index (χ2n) is 5.46. The van der Waals surface area contributed by atoms with Crippen LogP contribution < -0.4 is 10.2 Å². The Hall–Kier alpha value is -2.62. The first-order valence-corrected chi connectivity index (χ1v) is 7.40. The number of nitrogens with zero attached hydrogens (tertiary/aromatic N) is 1. The van der Waals surface area contributed by atoms with Crippen molar-refractivity contribution in [1.82, 2.24) is 0 Å². The molecule has 0 aromatic heterocycles. The number of fused-ring (bicyclic) bond motifs is 1. The maximum Gasteiger partial charge on any atom is 0.223 e. The van der Waals surface area contributed by atoms with Gasteiger partial charge in [0.15, 0.2) is 0 Å². The number of nitrogens with one attached hydrogen (secondary N) is 1. The highest BCUT2D eigenvalue weighted by molar-refractivity contribution is 5.93. The number of hydrogen-bond donors (Lipinski definition) is 1. The fourth-order valence-electron chi connectivity index (χ4n) is 2.96. The zero-order valence-corrected chi connectivity index (χ0v) is 12.5. The molecule has 2 aromatic rings. The third kappa shape index (κ3) is 2.72. The van der Waals surface area contributed by atoms with Crippen LogP contribution in [0.1, 0.15) is 18.9 Å². The summed E-state index contributed by atoms with van der Waals surface area (Å²) >= 11 is 0. The van der Waals surface area contributed by atoms with Crippen molar-refractivity contribution in [3.63, 3.8) is 0 Å². The topological polar surface area (TPSA) is 49.4 Å². The first-order chi connectivity index (χ1) is 10.7. The van der Waals surface area contributed by atoms with E-state index in [0.29, 0.717) is 6.41 Å². The van der Waals surface area contributed by atoms with Crippen molar-refractivity contribution in [1.29, 1.82) is 0 Å². The maximum atomic E-state index is 11.7. The summed E-state index contributed by atoms with van der Waals surface area (Å²) in [4.78, 5) is 24.1. The van der Waals surface area contributed by atoms with Gasteiger partial charge in [-0.3, -0.25) is 9.59 Å². The second kappa shape index (κ2) is 6.02. The zero-order valence-electron chi connectivity index (χ0n) is 12.5.